The fraction of sp³-hybridized carbons (Fsp3) is 0.273. The van der Waals surface area contributed by atoms with Crippen LogP contribution in [0.3, 0.4) is 0 Å². The molecule has 1 aromatic rings. The molecule has 2 unspecified atom stereocenters. The molecule has 1 saturated heterocycles. The number of hydrogen-bond donors (Lipinski definition) is 1. The Morgan fingerprint density at radius 1 is 1.06 bits per heavy atom. The summed E-state index contributed by atoms with van der Waals surface area (Å²) in [7, 11) is 0. The van der Waals surface area contributed by atoms with E-state index in [1.165, 1.54) is 24.3 Å². The lowest BCUT2D eigenvalue weighted by Gasteiger charge is -2.17. The number of nitrogens with two attached hydrogens (primary N) is 1. The summed E-state index contributed by atoms with van der Waals surface area (Å²) in [6.45, 7) is 0. The van der Waals surface area contributed by atoms with E-state index >= 15 is 0 Å². The van der Waals surface area contributed by atoms with E-state index in [9.17, 15) is 14.0 Å². The van der Waals surface area contributed by atoms with Crippen LogP contribution in [0.4, 0.5) is 10.1 Å². The van der Waals surface area contributed by atoms with Crippen LogP contribution in [0.1, 0.15) is 0 Å². The Balaban J connectivity index is 1.95. The number of carbonyl (C=O) groups excluding carboxylic acids is 2. The van der Waals surface area contributed by atoms with Crippen LogP contribution in [0.25, 0.3) is 0 Å². The molecule has 3 rings (SSSR count). The first kappa shape index (κ1) is 9.47. The zero-order chi connectivity index (χ0) is 11.4. The smallest absolute Gasteiger partial charge is 0.239 e. The monoisotopic (exact) mass is 220 g/mol. The maximum absolute atomic E-state index is 12.7. The van der Waals surface area contributed by atoms with Crippen molar-refractivity contribution in [2.24, 2.45) is 17.6 Å². The van der Waals surface area contributed by atoms with Gasteiger partial charge >= 0.3 is 0 Å². The molecule has 2 fully saturated rings. The molecule has 2 amide bonds. The minimum Gasteiger partial charge on any atom is -0.326 e. The minimum atomic E-state index is -0.398. The lowest BCUT2D eigenvalue weighted by Crippen LogP contribution is -2.37. The van der Waals surface area contributed by atoms with Gasteiger partial charge in [-0.3, -0.25) is 9.59 Å². The second kappa shape index (κ2) is 2.89. The van der Waals surface area contributed by atoms with Gasteiger partial charge < -0.3 is 5.73 Å². The largest absolute Gasteiger partial charge is 0.326 e. The number of halogens is 1. The van der Waals surface area contributed by atoms with E-state index in [0.717, 1.165) is 4.90 Å². The molecule has 1 saturated carbocycles. The van der Waals surface area contributed by atoms with Gasteiger partial charge in [-0.05, 0) is 24.3 Å². The molecule has 0 radical (unpaired) electrons. The van der Waals surface area contributed by atoms with E-state index in [4.69, 9.17) is 5.73 Å². The third-order valence-corrected chi connectivity index (χ3v) is 3.17. The highest BCUT2D eigenvalue weighted by Crippen LogP contribution is 2.47. The van der Waals surface area contributed by atoms with Gasteiger partial charge in [0.15, 0.2) is 0 Å². The van der Waals surface area contributed by atoms with E-state index in [2.05, 4.69) is 0 Å². The van der Waals surface area contributed by atoms with Crippen molar-refractivity contribution in [3.63, 3.8) is 0 Å². The van der Waals surface area contributed by atoms with Crippen LogP contribution in [0, 0.1) is 17.7 Å². The SMILES string of the molecule is NC1C2C(=O)N(c3ccc(F)cc3)C(=O)C12. The van der Waals surface area contributed by atoms with Gasteiger partial charge in [0, 0.05) is 6.04 Å². The highest BCUT2D eigenvalue weighted by Gasteiger charge is 2.66. The summed E-state index contributed by atoms with van der Waals surface area (Å²) in [5, 5.41) is 0. The van der Waals surface area contributed by atoms with Gasteiger partial charge in [0.05, 0.1) is 17.5 Å². The number of amides is 2. The van der Waals surface area contributed by atoms with Gasteiger partial charge in [-0.2, -0.15) is 0 Å². The third-order valence-electron chi connectivity index (χ3n) is 3.17. The van der Waals surface area contributed by atoms with Gasteiger partial charge in [-0.25, -0.2) is 9.29 Å². The Labute approximate surface area is 90.8 Å². The van der Waals surface area contributed by atoms with Crippen molar-refractivity contribution in [3.8, 4) is 0 Å². The zero-order valence-electron chi connectivity index (χ0n) is 8.26. The summed E-state index contributed by atoms with van der Waals surface area (Å²) in [6, 6.07) is 4.96. The summed E-state index contributed by atoms with van der Waals surface area (Å²) < 4.78 is 12.7. The van der Waals surface area contributed by atoms with Crippen molar-refractivity contribution in [2.45, 2.75) is 6.04 Å². The van der Waals surface area contributed by atoms with Gasteiger partial charge in [-0.15, -0.1) is 0 Å². The molecular formula is C11H9FN2O2. The van der Waals surface area contributed by atoms with E-state index < -0.39 is 5.82 Å². The van der Waals surface area contributed by atoms with Crippen molar-refractivity contribution in [2.75, 3.05) is 4.90 Å². The number of carbonyl (C=O) groups is 2. The van der Waals surface area contributed by atoms with Crippen LogP contribution in [-0.2, 0) is 9.59 Å². The fourth-order valence-electron chi connectivity index (χ4n) is 2.22. The second-order valence-electron chi connectivity index (χ2n) is 4.12. The summed E-state index contributed by atoms with van der Waals surface area (Å²) >= 11 is 0. The zero-order valence-corrected chi connectivity index (χ0v) is 8.26. The average Bonchev–Trinajstić information content (AvgIpc) is 2.84. The van der Waals surface area contributed by atoms with Crippen molar-refractivity contribution >= 4 is 17.5 Å². The number of anilines is 1. The highest BCUT2D eigenvalue weighted by molar-refractivity contribution is 6.25. The molecular weight excluding hydrogens is 211 g/mol. The molecule has 82 valence electrons. The van der Waals surface area contributed by atoms with E-state index in [-0.39, 0.29) is 29.7 Å². The molecule has 2 atom stereocenters. The summed E-state index contributed by atoms with van der Waals surface area (Å²) in [5.41, 5.74) is 6.00. The summed E-state index contributed by atoms with van der Waals surface area (Å²) in [5.74, 6) is -1.66. The highest BCUT2D eigenvalue weighted by atomic mass is 19.1. The number of piperidine rings is 1. The molecule has 1 heterocycles. The number of rotatable bonds is 1. The van der Waals surface area contributed by atoms with E-state index in [0.29, 0.717) is 5.69 Å². The molecule has 1 aromatic carbocycles. The molecule has 0 bridgehead atoms. The van der Waals surface area contributed by atoms with Gasteiger partial charge in [0.2, 0.25) is 11.8 Å². The van der Waals surface area contributed by atoms with Crippen molar-refractivity contribution < 1.29 is 14.0 Å². The molecule has 5 heteroatoms. The topological polar surface area (TPSA) is 63.4 Å². The second-order valence-corrected chi connectivity index (χ2v) is 4.12. The normalized spacial score (nSPS) is 31.9. The molecule has 2 aliphatic rings. The molecule has 1 aliphatic carbocycles. The predicted molar refractivity (Wildman–Crippen MR) is 53.8 cm³/mol. The van der Waals surface area contributed by atoms with Crippen molar-refractivity contribution in [1.29, 1.82) is 0 Å². The molecule has 1 aliphatic heterocycles. The predicted octanol–water partition coefficient (Wildman–Crippen LogP) is 0.272. The molecule has 16 heavy (non-hydrogen) atoms. The Hall–Kier alpha value is -1.75. The first-order valence-corrected chi connectivity index (χ1v) is 5.00. The Kier molecular flexibility index (Phi) is 1.71. The van der Waals surface area contributed by atoms with Crippen LogP contribution in [0.2, 0.25) is 0 Å². The number of hydrogen-bond acceptors (Lipinski definition) is 3. The van der Waals surface area contributed by atoms with Gasteiger partial charge in [0.1, 0.15) is 5.82 Å². The quantitative estimate of drug-likeness (QED) is 0.691. The number of benzene rings is 1. The Bertz CT molecular complexity index is 463. The van der Waals surface area contributed by atoms with Crippen molar-refractivity contribution in [1.82, 2.24) is 0 Å². The van der Waals surface area contributed by atoms with Gasteiger partial charge in [0.25, 0.3) is 0 Å². The molecule has 0 spiro atoms. The van der Waals surface area contributed by atoms with Gasteiger partial charge in [-0.1, -0.05) is 0 Å². The van der Waals surface area contributed by atoms with Crippen LogP contribution in [0.15, 0.2) is 24.3 Å². The number of nitrogens with zero attached hydrogens (tertiary/aromatic N) is 1. The molecule has 2 N–H and O–H groups in total. The van der Waals surface area contributed by atoms with Crippen LogP contribution in [-0.4, -0.2) is 17.9 Å². The van der Waals surface area contributed by atoms with E-state index in [1.807, 2.05) is 0 Å². The Morgan fingerprint density at radius 3 is 2.06 bits per heavy atom. The molecule has 4 nitrogen and oxygen atoms in total. The fourth-order valence-corrected chi connectivity index (χ4v) is 2.22. The summed E-state index contributed by atoms with van der Waals surface area (Å²) in [6.07, 6.45) is 0. The first-order valence-electron chi connectivity index (χ1n) is 5.00. The Morgan fingerprint density at radius 2 is 1.56 bits per heavy atom. The standard InChI is InChI=1S/C11H9FN2O2/c12-5-1-3-6(4-2-5)14-10(15)7-8(9(7)13)11(14)16/h1-4,7-9H,13H2. The van der Waals surface area contributed by atoms with Crippen LogP contribution < -0.4 is 10.6 Å². The number of fused-ring (bicyclic) bond motifs is 1. The third kappa shape index (κ3) is 1.06. The molecule has 0 aromatic heterocycles. The van der Waals surface area contributed by atoms with Crippen LogP contribution >= 0.6 is 0 Å². The van der Waals surface area contributed by atoms with Crippen molar-refractivity contribution in [3.05, 3.63) is 30.1 Å². The first-order chi connectivity index (χ1) is 7.61. The number of imide groups is 1. The van der Waals surface area contributed by atoms with E-state index in [1.54, 1.807) is 0 Å². The maximum Gasteiger partial charge on any atom is 0.239 e. The van der Waals surface area contributed by atoms with Crippen LogP contribution in [0.5, 0.6) is 0 Å². The summed E-state index contributed by atoms with van der Waals surface area (Å²) in [4.78, 5) is 24.7. The lowest BCUT2D eigenvalue weighted by atomic mass is 10.2. The average molecular weight is 220 g/mol. The minimum absolute atomic E-state index is 0.269. The maximum atomic E-state index is 12.7. The lowest BCUT2D eigenvalue weighted by molar-refractivity contribution is -0.123.